The molecule has 4 N–H and O–H groups in total. The molecule has 12 heavy (non-hydrogen) atoms. The van der Waals surface area contributed by atoms with Gasteiger partial charge in [0.25, 0.3) is 0 Å². The highest BCUT2D eigenvalue weighted by molar-refractivity contribution is 5.68. The lowest BCUT2D eigenvalue weighted by Gasteiger charge is -2.06. The molecule has 0 atom stereocenters. The summed E-state index contributed by atoms with van der Waals surface area (Å²) in [6.07, 6.45) is 2.21. The average molecular weight is 166 g/mol. The van der Waals surface area contributed by atoms with Gasteiger partial charge in [-0.2, -0.15) is 0 Å². The van der Waals surface area contributed by atoms with Crippen LogP contribution in [0.4, 0.5) is 15.8 Å². The van der Waals surface area contributed by atoms with E-state index in [0.717, 1.165) is 18.4 Å². The lowest BCUT2D eigenvalue weighted by Crippen LogP contribution is -2.00. The summed E-state index contributed by atoms with van der Waals surface area (Å²) in [6.45, 7) is 0. The van der Waals surface area contributed by atoms with Crippen LogP contribution < -0.4 is 11.5 Å². The number of rotatable bonds is 1. The number of nitrogen functional groups attached to an aromatic ring is 2. The minimum Gasteiger partial charge on any atom is -0.397 e. The van der Waals surface area contributed by atoms with Gasteiger partial charge in [0.15, 0.2) is 0 Å². The first-order valence-corrected chi connectivity index (χ1v) is 4.03. The van der Waals surface area contributed by atoms with E-state index < -0.39 is 0 Å². The Morgan fingerprint density at radius 3 is 2.50 bits per heavy atom. The zero-order valence-electron chi connectivity index (χ0n) is 6.68. The minimum atomic E-state index is -0.288. The van der Waals surface area contributed by atoms with E-state index in [9.17, 15) is 4.39 Å². The molecule has 64 valence electrons. The molecule has 2 rings (SSSR count). The van der Waals surface area contributed by atoms with E-state index in [1.54, 1.807) is 0 Å². The molecule has 0 unspecified atom stereocenters. The fraction of sp³-hybridized carbons (Fsp3) is 0.333. The second kappa shape index (κ2) is 2.37. The normalized spacial score (nSPS) is 16.4. The van der Waals surface area contributed by atoms with Crippen LogP contribution in [0.5, 0.6) is 0 Å². The van der Waals surface area contributed by atoms with Gasteiger partial charge in [-0.05, 0) is 36.5 Å². The van der Waals surface area contributed by atoms with Crippen LogP contribution >= 0.6 is 0 Å². The topological polar surface area (TPSA) is 52.0 Å². The Bertz CT molecular complexity index is 319. The van der Waals surface area contributed by atoms with Crippen molar-refractivity contribution in [1.29, 1.82) is 0 Å². The van der Waals surface area contributed by atoms with Crippen molar-refractivity contribution < 1.29 is 4.39 Å². The van der Waals surface area contributed by atoms with Gasteiger partial charge in [0.2, 0.25) is 0 Å². The summed E-state index contributed by atoms with van der Waals surface area (Å²) >= 11 is 0. The third kappa shape index (κ3) is 1.11. The molecule has 0 aliphatic heterocycles. The summed E-state index contributed by atoms with van der Waals surface area (Å²) in [5.74, 6) is 0.159. The quantitative estimate of drug-likeness (QED) is 0.626. The predicted molar refractivity (Wildman–Crippen MR) is 47.2 cm³/mol. The van der Waals surface area contributed by atoms with Gasteiger partial charge in [0.05, 0.1) is 11.4 Å². The number of hydrogen-bond acceptors (Lipinski definition) is 2. The van der Waals surface area contributed by atoms with Crippen molar-refractivity contribution in [3.05, 3.63) is 23.5 Å². The maximum absolute atomic E-state index is 12.9. The first-order valence-electron chi connectivity index (χ1n) is 4.03. The average Bonchev–Trinajstić information content (AvgIpc) is 2.79. The number of hydrogen-bond donors (Lipinski definition) is 2. The fourth-order valence-electron chi connectivity index (χ4n) is 1.39. The number of nitrogens with two attached hydrogens (primary N) is 2. The monoisotopic (exact) mass is 166 g/mol. The van der Waals surface area contributed by atoms with Crippen LogP contribution in [0.2, 0.25) is 0 Å². The van der Waals surface area contributed by atoms with Crippen LogP contribution in [0.15, 0.2) is 12.1 Å². The third-order valence-electron chi connectivity index (χ3n) is 2.23. The van der Waals surface area contributed by atoms with Crippen LogP contribution in [-0.4, -0.2) is 0 Å². The second-order valence-corrected chi connectivity index (χ2v) is 3.27. The van der Waals surface area contributed by atoms with E-state index in [2.05, 4.69) is 0 Å². The van der Waals surface area contributed by atoms with Crippen LogP contribution in [0.25, 0.3) is 0 Å². The third-order valence-corrected chi connectivity index (χ3v) is 2.23. The highest BCUT2D eigenvalue weighted by atomic mass is 19.1. The molecule has 1 aromatic carbocycles. The van der Waals surface area contributed by atoms with E-state index in [0.29, 0.717) is 17.3 Å². The summed E-state index contributed by atoms with van der Waals surface area (Å²) < 4.78 is 12.9. The van der Waals surface area contributed by atoms with Crippen LogP contribution in [0.1, 0.15) is 24.3 Å². The smallest absolute Gasteiger partial charge is 0.125 e. The highest BCUT2D eigenvalue weighted by Gasteiger charge is 2.26. The highest BCUT2D eigenvalue weighted by Crippen LogP contribution is 2.44. The molecule has 3 heteroatoms. The van der Waals surface area contributed by atoms with Gasteiger partial charge in [-0.1, -0.05) is 0 Å². The first kappa shape index (κ1) is 7.40. The molecular formula is C9H11FN2. The molecule has 0 heterocycles. The van der Waals surface area contributed by atoms with Gasteiger partial charge in [-0.3, -0.25) is 0 Å². The molecule has 0 aromatic heterocycles. The van der Waals surface area contributed by atoms with Crippen molar-refractivity contribution in [3.8, 4) is 0 Å². The minimum absolute atomic E-state index is 0.288. The molecule has 0 spiro atoms. The number of halogens is 1. The summed E-state index contributed by atoms with van der Waals surface area (Å²) in [4.78, 5) is 0. The van der Waals surface area contributed by atoms with Crippen molar-refractivity contribution in [2.24, 2.45) is 0 Å². The lowest BCUT2D eigenvalue weighted by molar-refractivity contribution is 0.626. The summed E-state index contributed by atoms with van der Waals surface area (Å²) in [6, 6.07) is 2.75. The molecule has 1 saturated carbocycles. The van der Waals surface area contributed by atoms with E-state index in [1.807, 2.05) is 0 Å². The van der Waals surface area contributed by atoms with Gasteiger partial charge < -0.3 is 11.5 Å². The lowest BCUT2D eigenvalue weighted by atomic mass is 10.1. The largest absolute Gasteiger partial charge is 0.397 e. The van der Waals surface area contributed by atoms with Crippen LogP contribution in [-0.2, 0) is 0 Å². The van der Waals surface area contributed by atoms with Gasteiger partial charge >= 0.3 is 0 Å². The Morgan fingerprint density at radius 1 is 1.25 bits per heavy atom. The summed E-state index contributed by atoms with van der Waals surface area (Å²) in [7, 11) is 0. The Balaban J connectivity index is 2.51. The zero-order chi connectivity index (χ0) is 8.72. The molecule has 0 radical (unpaired) electrons. The second-order valence-electron chi connectivity index (χ2n) is 3.27. The molecule has 1 aliphatic rings. The summed E-state index contributed by atoms with van der Waals surface area (Å²) in [5.41, 5.74) is 13.0. The van der Waals surface area contributed by atoms with Crippen molar-refractivity contribution in [2.45, 2.75) is 18.8 Å². The molecule has 2 nitrogen and oxygen atoms in total. The Kier molecular flexibility index (Phi) is 1.46. The van der Waals surface area contributed by atoms with Crippen molar-refractivity contribution in [2.75, 3.05) is 11.5 Å². The van der Waals surface area contributed by atoms with Gasteiger partial charge in [0, 0.05) is 0 Å². The van der Waals surface area contributed by atoms with Crippen LogP contribution in [0.3, 0.4) is 0 Å². The van der Waals surface area contributed by atoms with Gasteiger partial charge in [0.1, 0.15) is 5.82 Å². The van der Waals surface area contributed by atoms with Crippen molar-refractivity contribution in [1.82, 2.24) is 0 Å². The Hall–Kier alpha value is -1.25. The molecule has 1 aliphatic carbocycles. The molecule has 0 bridgehead atoms. The number of anilines is 2. The van der Waals surface area contributed by atoms with Gasteiger partial charge in [-0.15, -0.1) is 0 Å². The maximum atomic E-state index is 12.9. The predicted octanol–water partition coefficient (Wildman–Crippen LogP) is 1.87. The standard InChI is InChI=1S/C9H11FN2/c10-6-3-7(5-1-2-5)9(12)8(11)4-6/h3-5H,1-2,11-12H2. The zero-order valence-corrected chi connectivity index (χ0v) is 6.68. The van der Waals surface area contributed by atoms with Crippen molar-refractivity contribution >= 4 is 11.4 Å². The molecule has 1 aromatic rings. The Labute approximate surface area is 70.4 Å². The van der Waals surface area contributed by atoms with E-state index in [1.165, 1.54) is 12.1 Å². The van der Waals surface area contributed by atoms with Crippen molar-refractivity contribution in [3.63, 3.8) is 0 Å². The van der Waals surface area contributed by atoms with E-state index >= 15 is 0 Å². The Morgan fingerprint density at radius 2 is 1.92 bits per heavy atom. The summed E-state index contributed by atoms with van der Waals surface area (Å²) in [5, 5.41) is 0. The fourth-order valence-corrected chi connectivity index (χ4v) is 1.39. The van der Waals surface area contributed by atoms with Gasteiger partial charge in [-0.25, -0.2) is 4.39 Å². The first-order chi connectivity index (χ1) is 5.68. The molecule has 0 amide bonds. The maximum Gasteiger partial charge on any atom is 0.125 e. The molecular weight excluding hydrogens is 155 g/mol. The van der Waals surface area contributed by atoms with Crippen LogP contribution in [0, 0.1) is 5.82 Å². The number of benzene rings is 1. The molecule has 1 fully saturated rings. The van der Waals surface area contributed by atoms with E-state index in [4.69, 9.17) is 11.5 Å². The molecule has 0 saturated heterocycles. The van der Waals surface area contributed by atoms with E-state index in [-0.39, 0.29) is 5.82 Å². The SMILES string of the molecule is Nc1cc(F)cc(C2CC2)c1N.